The molecular weight excluding hydrogens is 228 g/mol. The Bertz CT molecular complexity index is 542. The molecule has 1 aromatic carbocycles. The standard InChI is InChI=1S/C14H18N2O2/c17-9-14-15-12-3-1-2-4-13(12)16(14)10-5-7-11(18)8-6-10/h1-4,10-11,17-18H,5-9H2. The Balaban J connectivity index is 2.04. The van der Waals surface area contributed by atoms with Crippen molar-refractivity contribution in [1.29, 1.82) is 0 Å². The predicted octanol–water partition coefficient (Wildman–Crippen LogP) is 2.00. The van der Waals surface area contributed by atoms with Crippen LogP contribution in [0, 0.1) is 0 Å². The van der Waals surface area contributed by atoms with E-state index in [9.17, 15) is 10.2 Å². The SMILES string of the molecule is OCc1nc2ccccc2n1C1CCC(O)CC1. The summed E-state index contributed by atoms with van der Waals surface area (Å²) in [4.78, 5) is 4.48. The van der Waals surface area contributed by atoms with Crippen LogP contribution in [-0.4, -0.2) is 25.9 Å². The van der Waals surface area contributed by atoms with Gasteiger partial charge in [-0.15, -0.1) is 0 Å². The molecule has 0 aliphatic heterocycles. The highest BCUT2D eigenvalue weighted by Crippen LogP contribution is 2.32. The Morgan fingerprint density at radius 1 is 1.17 bits per heavy atom. The number of imidazole rings is 1. The van der Waals surface area contributed by atoms with Crippen LogP contribution in [0.15, 0.2) is 24.3 Å². The molecule has 1 heterocycles. The second kappa shape index (κ2) is 4.71. The van der Waals surface area contributed by atoms with Gasteiger partial charge in [0.05, 0.1) is 17.1 Å². The molecule has 0 radical (unpaired) electrons. The summed E-state index contributed by atoms with van der Waals surface area (Å²) in [6.45, 7) is -0.0340. The van der Waals surface area contributed by atoms with Gasteiger partial charge in [0.1, 0.15) is 12.4 Å². The van der Waals surface area contributed by atoms with Crippen molar-refractivity contribution in [3.63, 3.8) is 0 Å². The zero-order valence-electron chi connectivity index (χ0n) is 10.3. The van der Waals surface area contributed by atoms with Crippen LogP contribution in [-0.2, 0) is 6.61 Å². The van der Waals surface area contributed by atoms with E-state index in [2.05, 4.69) is 9.55 Å². The number of aliphatic hydroxyl groups is 2. The van der Waals surface area contributed by atoms with Gasteiger partial charge in [-0.25, -0.2) is 4.98 Å². The van der Waals surface area contributed by atoms with Crippen molar-refractivity contribution in [2.24, 2.45) is 0 Å². The van der Waals surface area contributed by atoms with Gasteiger partial charge >= 0.3 is 0 Å². The lowest BCUT2D eigenvalue weighted by Gasteiger charge is -2.28. The molecule has 1 aliphatic carbocycles. The summed E-state index contributed by atoms with van der Waals surface area (Å²) in [6, 6.07) is 8.34. The van der Waals surface area contributed by atoms with Gasteiger partial charge in [-0.3, -0.25) is 0 Å². The van der Waals surface area contributed by atoms with Crippen molar-refractivity contribution in [3.05, 3.63) is 30.1 Å². The van der Waals surface area contributed by atoms with Crippen molar-refractivity contribution in [2.75, 3.05) is 0 Å². The highest BCUT2D eigenvalue weighted by molar-refractivity contribution is 5.76. The Kier molecular flexibility index (Phi) is 3.06. The maximum atomic E-state index is 9.59. The minimum atomic E-state index is -0.159. The van der Waals surface area contributed by atoms with E-state index in [0.717, 1.165) is 42.5 Å². The number of aliphatic hydroxyl groups excluding tert-OH is 2. The highest BCUT2D eigenvalue weighted by atomic mass is 16.3. The molecule has 0 unspecified atom stereocenters. The topological polar surface area (TPSA) is 58.3 Å². The van der Waals surface area contributed by atoms with Crippen molar-refractivity contribution < 1.29 is 10.2 Å². The molecule has 0 spiro atoms. The first kappa shape index (κ1) is 11.7. The van der Waals surface area contributed by atoms with E-state index in [1.165, 1.54) is 0 Å². The summed E-state index contributed by atoms with van der Waals surface area (Å²) in [6.07, 6.45) is 3.42. The molecule has 2 N–H and O–H groups in total. The molecule has 1 aliphatic rings. The van der Waals surface area contributed by atoms with E-state index in [0.29, 0.717) is 6.04 Å². The number of para-hydroxylation sites is 2. The van der Waals surface area contributed by atoms with Crippen LogP contribution in [0.1, 0.15) is 37.5 Å². The maximum Gasteiger partial charge on any atom is 0.135 e. The number of hydrogen-bond donors (Lipinski definition) is 2. The molecule has 0 saturated heterocycles. The summed E-state index contributed by atoms with van der Waals surface area (Å²) in [5.41, 5.74) is 2.02. The van der Waals surface area contributed by atoms with Crippen LogP contribution in [0.4, 0.5) is 0 Å². The van der Waals surface area contributed by atoms with Gasteiger partial charge in [0.15, 0.2) is 0 Å². The van der Waals surface area contributed by atoms with Gasteiger partial charge in [-0.1, -0.05) is 12.1 Å². The van der Waals surface area contributed by atoms with Gasteiger partial charge in [0.2, 0.25) is 0 Å². The third kappa shape index (κ3) is 1.91. The van der Waals surface area contributed by atoms with Crippen molar-refractivity contribution in [3.8, 4) is 0 Å². The third-order valence-corrected chi connectivity index (χ3v) is 3.84. The Morgan fingerprint density at radius 2 is 1.89 bits per heavy atom. The molecule has 4 heteroatoms. The summed E-state index contributed by atoms with van der Waals surface area (Å²) >= 11 is 0. The fourth-order valence-corrected chi connectivity index (χ4v) is 2.93. The molecule has 0 amide bonds. The van der Waals surface area contributed by atoms with Crippen LogP contribution in [0.3, 0.4) is 0 Å². The highest BCUT2D eigenvalue weighted by Gasteiger charge is 2.24. The van der Waals surface area contributed by atoms with Gasteiger partial charge in [0, 0.05) is 6.04 Å². The zero-order chi connectivity index (χ0) is 12.5. The second-order valence-corrected chi connectivity index (χ2v) is 5.01. The van der Waals surface area contributed by atoms with Crippen LogP contribution in [0.2, 0.25) is 0 Å². The fraction of sp³-hybridized carbons (Fsp3) is 0.500. The molecular formula is C14H18N2O2. The average molecular weight is 246 g/mol. The van der Waals surface area contributed by atoms with Gasteiger partial charge in [-0.2, -0.15) is 0 Å². The molecule has 3 rings (SSSR count). The number of aromatic nitrogens is 2. The first-order valence-electron chi connectivity index (χ1n) is 6.54. The largest absolute Gasteiger partial charge is 0.393 e. The smallest absolute Gasteiger partial charge is 0.135 e. The second-order valence-electron chi connectivity index (χ2n) is 5.01. The van der Waals surface area contributed by atoms with Gasteiger partial charge in [0.25, 0.3) is 0 Å². The quantitative estimate of drug-likeness (QED) is 0.852. The Hall–Kier alpha value is -1.39. The summed E-state index contributed by atoms with van der Waals surface area (Å²) in [5.74, 6) is 0.734. The summed E-state index contributed by atoms with van der Waals surface area (Å²) < 4.78 is 2.15. The minimum Gasteiger partial charge on any atom is -0.393 e. The van der Waals surface area contributed by atoms with Crippen molar-refractivity contribution >= 4 is 11.0 Å². The number of rotatable bonds is 2. The molecule has 18 heavy (non-hydrogen) atoms. The number of benzene rings is 1. The predicted molar refractivity (Wildman–Crippen MR) is 69.2 cm³/mol. The lowest BCUT2D eigenvalue weighted by atomic mass is 9.93. The monoisotopic (exact) mass is 246 g/mol. The van der Waals surface area contributed by atoms with Crippen LogP contribution in [0.5, 0.6) is 0 Å². The van der Waals surface area contributed by atoms with Gasteiger partial charge in [-0.05, 0) is 37.8 Å². The number of nitrogens with zero attached hydrogens (tertiary/aromatic N) is 2. The van der Waals surface area contributed by atoms with Crippen LogP contribution >= 0.6 is 0 Å². The number of fused-ring (bicyclic) bond motifs is 1. The molecule has 0 bridgehead atoms. The van der Waals surface area contributed by atoms with Crippen molar-refractivity contribution in [1.82, 2.24) is 9.55 Å². The van der Waals surface area contributed by atoms with Gasteiger partial charge < -0.3 is 14.8 Å². The molecule has 1 aromatic heterocycles. The van der Waals surface area contributed by atoms with E-state index in [-0.39, 0.29) is 12.7 Å². The van der Waals surface area contributed by atoms with E-state index < -0.39 is 0 Å². The van der Waals surface area contributed by atoms with E-state index >= 15 is 0 Å². The summed E-state index contributed by atoms with van der Waals surface area (Å²) in [5, 5.41) is 19.1. The Labute approximate surface area is 106 Å². The average Bonchev–Trinajstić information content (AvgIpc) is 2.78. The lowest BCUT2D eigenvalue weighted by Crippen LogP contribution is -2.22. The first-order chi connectivity index (χ1) is 8.79. The molecule has 1 saturated carbocycles. The van der Waals surface area contributed by atoms with E-state index in [4.69, 9.17) is 0 Å². The molecule has 96 valence electrons. The minimum absolute atomic E-state index is 0.0340. The third-order valence-electron chi connectivity index (χ3n) is 3.84. The molecule has 1 fully saturated rings. The maximum absolute atomic E-state index is 9.59. The normalized spacial score (nSPS) is 24.6. The fourth-order valence-electron chi connectivity index (χ4n) is 2.93. The summed E-state index contributed by atoms with van der Waals surface area (Å²) in [7, 11) is 0. The zero-order valence-corrected chi connectivity index (χ0v) is 10.3. The molecule has 2 aromatic rings. The Morgan fingerprint density at radius 3 is 2.61 bits per heavy atom. The number of hydrogen-bond acceptors (Lipinski definition) is 3. The molecule has 0 atom stereocenters. The molecule has 4 nitrogen and oxygen atoms in total. The van der Waals surface area contributed by atoms with Crippen LogP contribution in [0.25, 0.3) is 11.0 Å². The first-order valence-corrected chi connectivity index (χ1v) is 6.54. The van der Waals surface area contributed by atoms with Crippen LogP contribution < -0.4 is 0 Å². The van der Waals surface area contributed by atoms with E-state index in [1.807, 2.05) is 24.3 Å². The van der Waals surface area contributed by atoms with E-state index in [1.54, 1.807) is 0 Å². The lowest BCUT2D eigenvalue weighted by molar-refractivity contribution is 0.109. The van der Waals surface area contributed by atoms with Crippen molar-refractivity contribution in [2.45, 2.75) is 44.4 Å².